The van der Waals surface area contributed by atoms with Crippen LogP contribution in [0.25, 0.3) is 11.0 Å². The first kappa shape index (κ1) is 23.1. The fourth-order valence-corrected chi connectivity index (χ4v) is 4.92. The van der Waals surface area contributed by atoms with Crippen LogP contribution < -0.4 is 9.64 Å². The molecule has 1 aliphatic heterocycles. The van der Waals surface area contributed by atoms with Crippen LogP contribution in [0.15, 0.2) is 66.7 Å². The van der Waals surface area contributed by atoms with Gasteiger partial charge >= 0.3 is 0 Å². The summed E-state index contributed by atoms with van der Waals surface area (Å²) in [5.74, 6) is 1.63. The van der Waals surface area contributed by atoms with Crippen molar-refractivity contribution in [2.45, 2.75) is 45.8 Å². The third kappa shape index (κ3) is 4.93. The van der Waals surface area contributed by atoms with Crippen LogP contribution in [-0.2, 0) is 11.3 Å². The first-order valence-electron chi connectivity index (χ1n) is 12.1. The summed E-state index contributed by atoms with van der Waals surface area (Å²) in [4.78, 5) is 19.7. The van der Waals surface area contributed by atoms with Crippen LogP contribution in [0.1, 0.15) is 34.9 Å². The average Bonchev–Trinajstić information content (AvgIpc) is 3.38. The number of amides is 1. The summed E-state index contributed by atoms with van der Waals surface area (Å²) in [5.41, 5.74) is 6.14. The highest BCUT2D eigenvalue weighted by Gasteiger charge is 2.35. The Hall–Kier alpha value is -3.64. The van der Waals surface area contributed by atoms with Gasteiger partial charge in [-0.15, -0.1) is 0 Å². The molecule has 1 saturated heterocycles. The monoisotopic (exact) mass is 469 g/mol. The molecule has 1 amide bonds. The molecule has 5 rings (SSSR count). The van der Waals surface area contributed by atoms with E-state index >= 15 is 0 Å². The SMILES string of the molecule is Cc1ccc(N2C[C@H](c3nc4ccccc4n3C[C@H](O)COc3cc(C)cc(C)c3)CC2=O)cc1. The van der Waals surface area contributed by atoms with Gasteiger partial charge in [0, 0.05) is 24.6 Å². The maximum absolute atomic E-state index is 12.9. The van der Waals surface area contributed by atoms with Crippen molar-refractivity contribution in [3.8, 4) is 5.75 Å². The number of hydrogen-bond acceptors (Lipinski definition) is 4. The van der Waals surface area contributed by atoms with Crippen LogP contribution in [0.4, 0.5) is 5.69 Å². The van der Waals surface area contributed by atoms with Crippen molar-refractivity contribution >= 4 is 22.6 Å². The predicted octanol–water partition coefficient (Wildman–Crippen LogP) is 4.92. The third-order valence-corrected chi connectivity index (χ3v) is 6.55. The van der Waals surface area contributed by atoms with Crippen molar-refractivity contribution in [3.63, 3.8) is 0 Å². The number of rotatable bonds is 7. The molecule has 2 atom stereocenters. The molecule has 3 aromatic carbocycles. The van der Waals surface area contributed by atoms with Gasteiger partial charge in [0.05, 0.1) is 17.6 Å². The lowest BCUT2D eigenvalue weighted by Crippen LogP contribution is -2.26. The maximum atomic E-state index is 12.9. The molecular formula is C29H31N3O3. The van der Waals surface area contributed by atoms with E-state index in [9.17, 15) is 9.90 Å². The number of benzene rings is 3. The Kier molecular flexibility index (Phi) is 6.31. The summed E-state index contributed by atoms with van der Waals surface area (Å²) in [5, 5.41) is 10.9. The molecule has 1 aromatic heterocycles. The van der Waals surface area contributed by atoms with Gasteiger partial charge in [-0.05, 0) is 68.3 Å². The standard InChI is InChI=1S/C29H31N3O3/c1-19-8-10-23(11-9-19)31-16-22(15-28(31)34)29-30-26-6-4-5-7-27(26)32(29)17-24(33)18-35-25-13-20(2)12-21(3)14-25/h4-14,22,24,33H,15-18H2,1-3H3/t22-,24+/m1/s1. The van der Waals surface area contributed by atoms with Gasteiger partial charge in [-0.2, -0.15) is 0 Å². The number of aromatic nitrogens is 2. The number of ether oxygens (including phenoxy) is 1. The maximum Gasteiger partial charge on any atom is 0.227 e. The van der Waals surface area contributed by atoms with E-state index in [-0.39, 0.29) is 18.4 Å². The molecule has 180 valence electrons. The Morgan fingerprint density at radius 2 is 1.71 bits per heavy atom. The Balaban J connectivity index is 1.37. The van der Waals surface area contributed by atoms with Gasteiger partial charge in [-0.1, -0.05) is 35.9 Å². The van der Waals surface area contributed by atoms with Crippen molar-refractivity contribution < 1.29 is 14.6 Å². The number of carbonyl (C=O) groups excluding carboxylic acids is 1. The molecule has 1 N–H and O–H groups in total. The van der Waals surface area contributed by atoms with E-state index in [2.05, 4.69) is 10.6 Å². The predicted molar refractivity (Wildman–Crippen MR) is 138 cm³/mol. The Morgan fingerprint density at radius 3 is 2.46 bits per heavy atom. The molecule has 6 nitrogen and oxygen atoms in total. The molecular weight excluding hydrogens is 438 g/mol. The lowest BCUT2D eigenvalue weighted by atomic mass is 10.1. The quantitative estimate of drug-likeness (QED) is 0.417. The number of carbonyl (C=O) groups is 1. The third-order valence-electron chi connectivity index (χ3n) is 6.55. The molecule has 0 unspecified atom stereocenters. The molecule has 0 aliphatic carbocycles. The smallest absolute Gasteiger partial charge is 0.227 e. The number of anilines is 1. The number of nitrogens with zero attached hydrogens (tertiary/aromatic N) is 3. The minimum atomic E-state index is -0.725. The van der Waals surface area contributed by atoms with Crippen LogP contribution in [0, 0.1) is 20.8 Å². The zero-order valence-electron chi connectivity index (χ0n) is 20.4. The lowest BCUT2D eigenvalue weighted by Gasteiger charge is -2.19. The second-order valence-electron chi connectivity index (χ2n) is 9.60. The number of aliphatic hydroxyl groups excluding tert-OH is 1. The zero-order chi connectivity index (χ0) is 24.5. The summed E-state index contributed by atoms with van der Waals surface area (Å²) in [6.45, 7) is 7.19. The summed E-state index contributed by atoms with van der Waals surface area (Å²) in [6.07, 6.45) is -0.329. The van der Waals surface area contributed by atoms with E-state index < -0.39 is 6.10 Å². The zero-order valence-corrected chi connectivity index (χ0v) is 20.4. The highest BCUT2D eigenvalue weighted by molar-refractivity contribution is 5.96. The molecule has 6 heteroatoms. The molecule has 0 bridgehead atoms. The van der Waals surface area contributed by atoms with Crippen LogP contribution in [0.3, 0.4) is 0 Å². The second-order valence-corrected chi connectivity index (χ2v) is 9.60. The van der Waals surface area contributed by atoms with Crippen LogP contribution in [0.5, 0.6) is 5.75 Å². The summed E-state index contributed by atoms with van der Waals surface area (Å²) < 4.78 is 7.97. The topological polar surface area (TPSA) is 67.6 Å². The van der Waals surface area contributed by atoms with Crippen LogP contribution >= 0.6 is 0 Å². The summed E-state index contributed by atoms with van der Waals surface area (Å²) in [7, 11) is 0. The van der Waals surface area contributed by atoms with E-state index in [1.807, 2.05) is 86.3 Å². The van der Waals surface area contributed by atoms with Gasteiger partial charge < -0.3 is 19.3 Å². The summed E-state index contributed by atoms with van der Waals surface area (Å²) in [6, 6.07) is 22.0. The number of para-hydroxylation sites is 2. The van der Waals surface area contributed by atoms with Gasteiger partial charge in [-0.25, -0.2) is 4.98 Å². The van der Waals surface area contributed by atoms with Gasteiger partial charge in [0.1, 0.15) is 24.3 Å². The number of hydrogen-bond donors (Lipinski definition) is 1. The van der Waals surface area contributed by atoms with Crippen molar-refractivity contribution in [2.75, 3.05) is 18.1 Å². The number of imidazole rings is 1. The number of aliphatic hydroxyl groups is 1. The molecule has 4 aromatic rings. The van der Waals surface area contributed by atoms with Crippen LogP contribution in [-0.4, -0.2) is 39.8 Å². The van der Waals surface area contributed by atoms with Crippen molar-refractivity contribution in [2.24, 2.45) is 0 Å². The molecule has 0 saturated carbocycles. The van der Waals surface area contributed by atoms with Gasteiger partial charge in [0.25, 0.3) is 0 Å². The molecule has 1 fully saturated rings. The highest BCUT2D eigenvalue weighted by atomic mass is 16.5. The van der Waals surface area contributed by atoms with E-state index in [0.29, 0.717) is 19.5 Å². The van der Waals surface area contributed by atoms with Crippen LogP contribution in [0.2, 0.25) is 0 Å². The minimum Gasteiger partial charge on any atom is -0.491 e. The molecule has 1 aliphatic rings. The molecule has 35 heavy (non-hydrogen) atoms. The summed E-state index contributed by atoms with van der Waals surface area (Å²) >= 11 is 0. The fraction of sp³-hybridized carbons (Fsp3) is 0.310. The first-order chi connectivity index (χ1) is 16.9. The Labute approximate surface area is 205 Å². The van der Waals surface area contributed by atoms with E-state index in [4.69, 9.17) is 9.72 Å². The first-order valence-corrected chi connectivity index (χ1v) is 12.1. The van der Waals surface area contributed by atoms with E-state index in [1.54, 1.807) is 0 Å². The van der Waals surface area contributed by atoms with Gasteiger partial charge in [0.15, 0.2) is 0 Å². The largest absolute Gasteiger partial charge is 0.491 e. The Morgan fingerprint density at radius 1 is 1.00 bits per heavy atom. The highest BCUT2D eigenvalue weighted by Crippen LogP contribution is 2.33. The number of aryl methyl sites for hydroxylation is 3. The van der Waals surface area contributed by atoms with Crippen molar-refractivity contribution in [1.82, 2.24) is 9.55 Å². The second kappa shape index (κ2) is 9.55. The average molecular weight is 470 g/mol. The van der Waals surface area contributed by atoms with Gasteiger partial charge in [0.2, 0.25) is 5.91 Å². The fourth-order valence-electron chi connectivity index (χ4n) is 4.92. The lowest BCUT2D eigenvalue weighted by molar-refractivity contribution is -0.117. The van der Waals surface area contributed by atoms with Gasteiger partial charge in [-0.3, -0.25) is 4.79 Å². The van der Waals surface area contributed by atoms with E-state index in [0.717, 1.165) is 45.0 Å². The van der Waals surface area contributed by atoms with Crippen molar-refractivity contribution in [3.05, 3.63) is 89.2 Å². The molecule has 0 radical (unpaired) electrons. The minimum absolute atomic E-state index is 0.0521. The Bertz CT molecular complexity index is 1340. The van der Waals surface area contributed by atoms with Crippen molar-refractivity contribution in [1.29, 1.82) is 0 Å². The molecule has 0 spiro atoms. The normalized spacial score (nSPS) is 16.7. The van der Waals surface area contributed by atoms with E-state index in [1.165, 1.54) is 0 Å². The molecule has 2 heterocycles. The number of fused-ring (bicyclic) bond motifs is 1.